The van der Waals surface area contributed by atoms with Crippen molar-refractivity contribution in [1.82, 2.24) is 10.2 Å². The zero-order chi connectivity index (χ0) is 15.5. The Morgan fingerprint density at radius 1 is 1.27 bits per heavy atom. The van der Waals surface area contributed by atoms with Crippen LogP contribution in [0.4, 0.5) is 0 Å². The van der Waals surface area contributed by atoms with Gasteiger partial charge in [0.05, 0.1) is 11.5 Å². The SMILES string of the molecule is CC1(C)CC(=O)C2=C(C1)Oc1[nH][nH]c(=O)c1C2c1cccs1. The molecule has 0 amide bonds. The van der Waals surface area contributed by atoms with Crippen LogP contribution in [-0.2, 0) is 4.79 Å². The smallest absolute Gasteiger partial charge is 0.272 e. The predicted octanol–water partition coefficient (Wildman–Crippen LogP) is 2.93. The lowest BCUT2D eigenvalue weighted by atomic mass is 9.71. The van der Waals surface area contributed by atoms with Crippen LogP contribution < -0.4 is 10.3 Å². The summed E-state index contributed by atoms with van der Waals surface area (Å²) in [6, 6.07) is 3.90. The van der Waals surface area contributed by atoms with E-state index in [9.17, 15) is 9.59 Å². The van der Waals surface area contributed by atoms with E-state index in [1.165, 1.54) is 0 Å². The van der Waals surface area contributed by atoms with Crippen LogP contribution in [0.2, 0.25) is 0 Å². The van der Waals surface area contributed by atoms with Gasteiger partial charge < -0.3 is 4.74 Å². The van der Waals surface area contributed by atoms with Crippen LogP contribution >= 0.6 is 11.3 Å². The second-order valence-corrected chi connectivity index (χ2v) is 7.63. The molecule has 2 aromatic heterocycles. The lowest BCUT2D eigenvalue weighted by molar-refractivity contribution is -0.118. The van der Waals surface area contributed by atoms with E-state index in [0.717, 1.165) is 4.88 Å². The number of ketones is 1. The Balaban J connectivity index is 1.96. The van der Waals surface area contributed by atoms with Gasteiger partial charge >= 0.3 is 0 Å². The number of hydrogen-bond donors (Lipinski definition) is 2. The number of carbonyl (C=O) groups is 1. The largest absolute Gasteiger partial charge is 0.443 e. The first-order chi connectivity index (χ1) is 10.5. The topological polar surface area (TPSA) is 75.0 Å². The molecule has 0 spiro atoms. The average Bonchev–Trinajstić information content (AvgIpc) is 3.05. The minimum Gasteiger partial charge on any atom is -0.443 e. The van der Waals surface area contributed by atoms with Gasteiger partial charge in [-0.2, -0.15) is 0 Å². The highest BCUT2D eigenvalue weighted by Crippen LogP contribution is 2.49. The number of H-pyrrole nitrogens is 2. The molecule has 0 saturated carbocycles. The minimum absolute atomic E-state index is 0.0795. The van der Waals surface area contributed by atoms with E-state index in [1.54, 1.807) is 11.3 Å². The molecule has 114 valence electrons. The third-order valence-corrected chi connectivity index (χ3v) is 5.23. The van der Waals surface area contributed by atoms with Gasteiger partial charge in [0.15, 0.2) is 5.78 Å². The van der Waals surface area contributed by atoms with Gasteiger partial charge in [-0.05, 0) is 16.9 Å². The first kappa shape index (κ1) is 13.6. The van der Waals surface area contributed by atoms with Gasteiger partial charge in [0.2, 0.25) is 5.88 Å². The molecule has 0 saturated heterocycles. The van der Waals surface area contributed by atoms with E-state index < -0.39 is 0 Å². The molecule has 0 fully saturated rings. The Morgan fingerprint density at radius 2 is 2.09 bits per heavy atom. The number of nitrogens with one attached hydrogen (secondary N) is 2. The molecular formula is C16H16N2O3S. The molecule has 2 aromatic rings. The van der Waals surface area contributed by atoms with E-state index in [-0.39, 0.29) is 22.7 Å². The fourth-order valence-corrected chi connectivity index (χ4v) is 4.24. The van der Waals surface area contributed by atoms with E-state index in [4.69, 9.17) is 4.74 Å². The number of ether oxygens (including phenoxy) is 1. The zero-order valence-electron chi connectivity index (χ0n) is 12.4. The average molecular weight is 316 g/mol. The van der Waals surface area contributed by atoms with Crippen LogP contribution in [0.1, 0.15) is 43.0 Å². The first-order valence-electron chi connectivity index (χ1n) is 7.24. The molecule has 5 nitrogen and oxygen atoms in total. The molecule has 2 aliphatic rings. The molecule has 1 aliphatic carbocycles. The third kappa shape index (κ3) is 1.90. The van der Waals surface area contributed by atoms with Crippen molar-refractivity contribution in [2.45, 2.75) is 32.6 Å². The van der Waals surface area contributed by atoms with Gasteiger partial charge in [0.1, 0.15) is 5.76 Å². The van der Waals surface area contributed by atoms with Gasteiger partial charge in [0, 0.05) is 23.3 Å². The molecular weight excluding hydrogens is 300 g/mol. The number of thiophene rings is 1. The molecule has 1 atom stereocenters. The van der Waals surface area contributed by atoms with E-state index in [1.807, 2.05) is 17.5 Å². The van der Waals surface area contributed by atoms with Crippen molar-refractivity contribution in [3.63, 3.8) is 0 Å². The molecule has 22 heavy (non-hydrogen) atoms. The van der Waals surface area contributed by atoms with E-state index in [2.05, 4.69) is 24.0 Å². The number of allylic oxidation sites excluding steroid dienone is 2. The van der Waals surface area contributed by atoms with Crippen molar-refractivity contribution in [3.8, 4) is 5.88 Å². The fourth-order valence-electron chi connectivity index (χ4n) is 3.39. The quantitative estimate of drug-likeness (QED) is 0.849. The molecule has 0 aromatic carbocycles. The van der Waals surface area contributed by atoms with Gasteiger partial charge in [-0.3, -0.25) is 19.8 Å². The lowest BCUT2D eigenvalue weighted by Crippen LogP contribution is -2.33. The molecule has 3 heterocycles. The van der Waals surface area contributed by atoms with Crippen LogP contribution in [0.3, 0.4) is 0 Å². The second kappa shape index (κ2) is 4.46. The van der Waals surface area contributed by atoms with Crippen LogP contribution in [0.5, 0.6) is 5.88 Å². The second-order valence-electron chi connectivity index (χ2n) is 6.65. The summed E-state index contributed by atoms with van der Waals surface area (Å²) in [7, 11) is 0. The predicted molar refractivity (Wildman–Crippen MR) is 83.3 cm³/mol. The Bertz CT molecular complexity index is 839. The van der Waals surface area contributed by atoms with Crippen molar-refractivity contribution in [1.29, 1.82) is 0 Å². The van der Waals surface area contributed by atoms with E-state index >= 15 is 0 Å². The Labute approximate surface area is 131 Å². The summed E-state index contributed by atoms with van der Waals surface area (Å²) in [5, 5.41) is 7.33. The maximum atomic E-state index is 12.7. The molecule has 6 heteroatoms. The van der Waals surface area contributed by atoms with Crippen LogP contribution in [0.25, 0.3) is 0 Å². The van der Waals surface area contributed by atoms with Gasteiger partial charge in [0.25, 0.3) is 5.56 Å². The highest BCUT2D eigenvalue weighted by atomic mass is 32.1. The highest BCUT2D eigenvalue weighted by Gasteiger charge is 2.44. The zero-order valence-corrected chi connectivity index (χ0v) is 13.2. The molecule has 0 bridgehead atoms. The number of rotatable bonds is 1. The molecule has 2 N–H and O–H groups in total. The van der Waals surface area contributed by atoms with Gasteiger partial charge in [-0.15, -0.1) is 11.3 Å². The molecule has 4 rings (SSSR count). The molecule has 1 aliphatic heterocycles. The number of Topliss-reactive ketones (excluding diaryl/α,β-unsaturated/α-hetero) is 1. The number of carbonyl (C=O) groups excluding carboxylic acids is 1. The lowest BCUT2D eigenvalue weighted by Gasteiger charge is -2.36. The molecule has 0 radical (unpaired) electrons. The Morgan fingerprint density at radius 3 is 2.82 bits per heavy atom. The summed E-state index contributed by atoms with van der Waals surface area (Å²) in [4.78, 5) is 25.9. The normalized spacial score (nSPS) is 23.0. The Hall–Kier alpha value is -2.08. The van der Waals surface area contributed by atoms with Crippen molar-refractivity contribution >= 4 is 17.1 Å². The maximum Gasteiger partial charge on any atom is 0.272 e. The summed E-state index contributed by atoms with van der Waals surface area (Å²) in [6.07, 6.45) is 1.18. The third-order valence-electron chi connectivity index (χ3n) is 4.29. The fraction of sp³-hybridized carbons (Fsp3) is 0.375. The number of aromatic nitrogens is 2. The first-order valence-corrected chi connectivity index (χ1v) is 8.12. The standard InChI is InChI=1S/C16H16N2O3S/c1-16(2)6-8(19)11-9(7-16)21-15-13(14(20)17-18-15)12(11)10-4-3-5-22-10/h3-5,12H,6-7H2,1-2H3,(H2,17,18,20). The number of aromatic amines is 2. The van der Waals surface area contributed by atoms with Crippen molar-refractivity contribution in [3.05, 3.63) is 49.6 Å². The number of fused-ring (bicyclic) bond motifs is 1. The summed E-state index contributed by atoms with van der Waals surface area (Å²) >= 11 is 1.55. The monoisotopic (exact) mass is 316 g/mol. The van der Waals surface area contributed by atoms with E-state index in [0.29, 0.717) is 35.6 Å². The number of hydrogen-bond acceptors (Lipinski definition) is 4. The summed E-state index contributed by atoms with van der Waals surface area (Å²) in [5.74, 6) is 0.892. The van der Waals surface area contributed by atoms with Crippen LogP contribution in [0, 0.1) is 5.41 Å². The van der Waals surface area contributed by atoms with Crippen molar-refractivity contribution in [2.75, 3.05) is 0 Å². The maximum absolute atomic E-state index is 12.7. The van der Waals surface area contributed by atoms with Crippen LogP contribution in [0.15, 0.2) is 33.6 Å². The minimum atomic E-state index is -0.322. The van der Waals surface area contributed by atoms with Gasteiger partial charge in [-0.1, -0.05) is 19.9 Å². The summed E-state index contributed by atoms with van der Waals surface area (Å²) in [5.41, 5.74) is 0.815. The van der Waals surface area contributed by atoms with Crippen molar-refractivity contribution < 1.29 is 9.53 Å². The Kier molecular flexibility index (Phi) is 2.75. The highest BCUT2D eigenvalue weighted by molar-refractivity contribution is 7.10. The summed E-state index contributed by atoms with van der Waals surface area (Å²) in [6.45, 7) is 4.13. The van der Waals surface area contributed by atoms with Crippen LogP contribution in [-0.4, -0.2) is 16.0 Å². The van der Waals surface area contributed by atoms with Crippen molar-refractivity contribution in [2.24, 2.45) is 5.41 Å². The molecule has 1 unspecified atom stereocenters. The van der Waals surface area contributed by atoms with Gasteiger partial charge in [-0.25, -0.2) is 0 Å². The summed E-state index contributed by atoms with van der Waals surface area (Å²) < 4.78 is 5.87.